The second kappa shape index (κ2) is 8.58. The zero-order valence-corrected chi connectivity index (χ0v) is 16.7. The molecular formula is C21H23N5OS. The average molecular weight is 394 g/mol. The van der Waals surface area contributed by atoms with Gasteiger partial charge in [-0.1, -0.05) is 23.5 Å². The van der Waals surface area contributed by atoms with Crippen LogP contribution in [-0.4, -0.2) is 39.1 Å². The molecule has 1 aliphatic heterocycles. The second-order valence-corrected chi connectivity index (χ2v) is 8.28. The van der Waals surface area contributed by atoms with Gasteiger partial charge in [0.1, 0.15) is 10.0 Å². The van der Waals surface area contributed by atoms with Crippen LogP contribution >= 0.6 is 11.3 Å². The van der Waals surface area contributed by atoms with E-state index in [0.717, 1.165) is 53.7 Å². The van der Waals surface area contributed by atoms with Gasteiger partial charge in [0.05, 0.1) is 0 Å². The molecule has 0 radical (unpaired) electrons. The molecule has 1 N–H and O–H groups in total. The van der Waals surface area contributed by atoms with E-state index in [-0.39, 0.29) is 11.8 Å². The van der Waals surface area contributed by atoms with Crippen molar-refractivity contribution in [3.8, 4) is 10.6 Å². The van der Waals surface area contributed by atoms with Gasteiger partial charge in [-0.3, -0.25) is 14.7 Å². The molecule has 1 amide bonds. The minimum absolute atomic E-state index is 0.0566. The Morgan fingerprint density at radius 3 is 2.68 bits per heavy atom. The summed E-state index contributed by atoms with van der Waals surface area (Å²) in [5, 5.41) is 13.1. The largest absolute Gasteiger partial charge is 0.326 e. The number of aryl methyl sites for hydroxylation is 1. The van der Waals surface area contributed by atoms with Gasteiger partial charge in [0.2, 0.25) is 5.91 Å². The maximum atomic E-state index is 12.7. The first kappa shape index (κ1) is 18.7. The Kier molecular flexibility index (Phi) is 5.73. The number of benzene rings is 1. The maximum absolute atomic E-state index is 12.7. The van der Waals surface area contributed by atoms with Gasteiger partial charge in [-0.2, -0.15) is 0 Å². The Labute approximate surface area is 168 Å². The summed E-state index contributed by atoms with van der Waals surface area (Å²) in [6.07, 6.45) is 5.41. The van der Waals surface area contributed by atoms with Crippen LogP contribution in [0.3, 0.4) is 0 Å². The highest BCUT2D eigenvalue weighted by molar-refractivity contribution is 7.14. The number of carbonyl (C=O) groups is 1. The zero-order valence-electron chi connectivity index (χ0n) is 15.8. The number of hydrogen-bond donors (Lipinski definition) is 1. The highest BCUT2D eigenvalue weighted by Crippen LogP contribution is 2.26. The van der Waals surface area contributed by atoms with E-state index in [1.165, 1.54) is 5.56 Å². The van der Waals surface area contributed by atoms with Crippen molar-refractivity contribution < 1.29 is 4.79 Å². The normalized spacial score (nSPS) is 15.5. The number of nitrogens with zero attached hydrogens (tertiary/aromatic N) is 4. The van der Waals surface area contributed by atoms with Gasteiger partial charge in [-0.15, -0.1) is 10.2 Å². The van der Waals surface area contributed by atoms with Crippen molar-refractivity contribution in [2.45, 2.75) is 26.3 Å². The topological polar surface area (TPSA) is 71.0 Å². The molecule has 0 bridgehead atoms. The molecule has 1 saturated heterocycles. The van der Waals surface area contributed by atoms with Crippen LogP contribution in [0.5, 0.6) is 0 Å². The predicted octanol–water partition coefficient (Wildman–Crippen LogP) is 3.76. The molecule has 144 valence electrons. The Bertz CT molecular complexity index is 935. The lowest BCUT2D eigenvalue weighted by molar-refractivity contribution is -0.121. The first-order valence-corrected chi connectivity index (χ1v) is 10.3. The fourth-order valence-corrected chi connectivity index (χ4v) is 4.18. The summed E-state index contributed by atoms with van der Waals surface area (Å²) >= 11 is 1.55. The fourth-order valence-electron chi connectivity index (χ4n) is 3.49. The van der Waals surface area contributed by atoms with Gasteiger partial charge in [-0.05, 0) is 62.7 Å². The molecule has 3 aromatic rings. The van der Waals surface area contributed by atoms with Crippen molar-refractivity contribution in [1.82, 2.24) is 20.1 Å². The third-order valence-electron chi connectivity index (χ3n) is 5.02. The van der Waals surface area contributed by atoms with Gasteiger partial charge in [0, 0.05) is 36.1 Å². The van der Waals surface area contributed by atoms with E-state index >= 15 is 0 Å². The molecule has 1 aromatic carbocycles. The lowest BCUT2D eigenvalue weighted by Gasteiger charge is -2.31. The summed E-state index contributed by atoms with van der Waals surface area (Å²) in [5.74, 6) is 0.162. The molecule has 7 heteroatoms. The number of carbonyl (C=O) groups excluding carboxylic acids is 1. The van der Waals surface area contributed by atoms with Crippen molar-refractivity contribution in [2.75, 3.05) is 18.4 Å². The third-order valence-corrected chi connectivity index (χ3v) is 5.90. The van der Waals surface area contributed by atoms with Crippen LogP contribution in [0.4, 0.5) is 5.69 Å². The third kappa shape index (κ3) is 4.61. The van der Waals surface area contributed by atoms with Gasteiger partial charge >= 0.3 is 0 Å². The molecule has 28 heavy (non-hydrogen) atoms. The van der Waals surface area contributed by atoms with Crippen LogP contribution < -0.4 is 5.32 Å². The Morgan fingerprint density at radius 1 is 1.18 bits per heavy atom. The summed E-state index contributed by atoms with van der Waals surface area (Å²) in [6, 6.07) is 11.9. The van der Waals surface area contributed by atoms with Crippen LogP contribution in [0.15, 0.2) is 48.8 Å². The zero-order chi connectivity index (χ0) is 19.3. The first-order valence-electron chi connectivity index (χ1n) is 9.50. The monoisotopic (exact) mass is 393 g/mol. The second-order valence-electron chi connectivity index (χ2n) is 7.10. The molecule has 0 saturated carbocycles. The van der Waals surface area contributed by atoms with Gasteiger partial charge in [0.25, 0.3) is 0 Å². The summed E-state index contributed by atoms with van der Waals surface area (Å²) in [6.45, 7) is 4.73. The molecule has 1 fully saturated rings. The van der Waals surface area contributed by atoms with E-state index in [4.69, 9.17) is 0 Å². The van der Waals surface area contributed by atoms with Gasteiger partial charge in [-0.25, -0.2) is 0 Å². The van der Waals surface area contributed by atoms with Crippen molar-refractivity contribution >= 4 is 22.9 Å². The van der Waals surface area contributed by atoms with Crippen molar-refractivity contribution in [2.24, 2.45) is 5.92 Å². The smallest absolute Gasteiger partial charge is 0.227 e. The molecule has 3 heterocycles. The number of aromatic nitrogens is 3. The predicted molar refractivity (Wildman–Crippen MR) is 111 cm³/mol. The molecule has 0 atom stereocenters. The summed E-state index contributed by atoms with van der Waals surface area (Å²) in [4.78, 5) is 19.2. The minimum Gasteiger partial charge on any atom is -0.326 e. The number of likely N-dealkylation sites (tertiary alicyclic amines) is 1. The Morgan fingerprint density at radius 2 is 1.96 bits per heavy atom. The number of anilines is 1. The lowest BCUT2D eigenvalue weighted by Crippen LogP contribution is -2.37. The molecular weight excluding hydrogens is 370 g/mol. The Hall–Kier alpha value is -2.64. The number of rotatable bonds is 5. The number of piperidine rings is 1. The van der Waals surface area contributed by atoms with Crippen LogP contribution in [0.25, 0.3) is 10.6 Å². The molecule has 0 unspecified atom stereocenters. The van der Waals surface area contributed by atoms with E-state index in [0.29, 0.717) is 0 Å². The maximum Gasteiger partial charge on any atom is 0.227 e. The Balaban J connectivity index is 1.32. The van der Waals surface area contributed by atoms with Crippen LogP contribution in [0.1, 0.15) is 23.4 Å². The number of amides is 1. The van der Waals surface area contributed by atoms with E-state index in [2.05, 4.69) is 25.4 Å². The van der Waals surface area contributed by atoms with E-state index in [9.17, 15) is 4.79 Å². The number of nitrogens with one attached hydrogen (secondary N) is 1. The quantitative estimate of drug-likeness (QED) is 0.715. The summed E-state index contributed by atoms with van der Waals surface area (Å²) < 4.78 is 0. The van der Waals surface area contributed by atoms with Crippen molar-refractivity contribution in [3.05, 3.63) is 59.4 Å². The lowest BCUT2D eigenvalue weighted by atomic mass is 9.95. The van der Waals surface area contributed by atoms with E-state index in [1.807, 2.05) is 55.7 Å². The van der Waals surface area contributed by atoms with Crippen LogP contribution in [0.2, 0.25) is 0 Å². The molecule has 6 nitrogen and oxygen atoms in total. The molecule has 0 spiro atoms. The molecule has 0 aliphatic carbocycles. The highest BCUT2D eigenvalue weighted by Gasteiger charge is 2.25. The fraction of sp³-hybridized carbons (Fsp3) is 0.333. The van der Waals surface area contributed by atoms with Crippen molar-refractivity contribution in [3.63, 3.8) is 0 Å². The summed E-state index contributed by atoms with van der Waals surface area (Å²) in [5.41, 5.74) is 3.06. The number of pyridine rings is 1. The average Bonchev–Trinajstić information content (AvgIpc) is 3.16. The molecule has 1 aliphatic rings. The van der Waals surface area contributed by atoms with Crippen molar-refractivity contribution in [1.29, 1.82) is 0 Å². The van der Waals surface area contributed by atoms with E-state index < -0.39 is 0 Å². The van der Waals surface area contributed by atoms with Crippen LogP contribution in [-0.2, 0) is 11.3 Å². The van der Waals surface area contributed by atoms with Crippen LogP contribution in [0, 0.1) is 12.8 Å². The van der Waals surface area contributed by atoms with Gasteiger partial charge in [0.15, 0.2) is 0 Å². The SMILES string of the molecule is Cc1nnc(-c2cccc(NC(=O)C3CCN(Cc4ccncc4)CC3)c2)s1. The molecule has 2 aromatic heterocycles. The first-order chi connectivity index (χ1) is 13.7. The van der Waals surface area contributed by atoms with E-state index in [1.54, 1.807) is 11.3 Å². The summed E-state index contributed by atoms with van der Waals surface area (Å²) in [7, 11) is 0. The van der Waals surface area contributed by atoms with Gasteiger partial charge < -0.3 is 5.32 Å². The highest BCUT2D eigenvalue weighted by atomic mass is 32.1. The number of hydrogen-bond acceptors (Lipinski definition) is 6. The molecule has 4 rings (SSSR count). The standard InChI is InChI=1S/C21H23N5OS/c1-15-24-25-21(28-15)18-3-2-4-19(13-18)23-20(27)17-7-11-26(12-8-17)14-16-5-9-22-10-6-16/h2-6,9-10,13,17H,7-8,11-12,14H2,1H3,(H,23,27). The minimum atomic E-state index is 0.0566.